The Bertz CT molecular complexity index is 1580. The number of carbonyl (C=O) groups is 2. The van der Waals surface area contributed by atoms with Crippen LogP contribution < -0.4 is 16.0 Å². The zero-order valence-electron chi connectivity index (χ0n) is 19.7. The zero-order chi connectivity index (χ0) is 24.4. The van der Waals surface area contributed by atoms with Crippen LogP contribution in [0.15, 0.2) is 48.8 Å². The molecule has 2 unspecified atom stereocenters. The highest BCUT2D eigenvalue weighted by Crippen LogP contribution is 2.39. The van der Waals surface area contributed by atoms with Crippen LogP contribution in [-0.4, -0.2) is 39.6 Å². The van der Waals surface area contributed by atoms with E-state index in [4.69, 9.17) is 9.72 Å². The van der Waals surface area contributed by atoms with Crippen molar-refractivity contribution in [1.29, 1.82) is 0 Å². The topological polar surface area (TPSA) is 110 Å². The van der Waals surface area contributed by atoms with E-state index < -0.39 is 0 Å². The first-order valence-electron chi connectivity index (χ1n) is 12.1. The predicted octanol–water partition coefficient (Wildman–Crippen LogP) is 2.98. The lowest BCUT2D eigenvalue weighted by Gasteiger charge is -2.17. The third-order valence-corrected chi connectivity index (χ3v) is 7.54. The number of aromatic nitrogens is 3. The molecule has 7 rings (SSSR count). The van der Waals surface area contributed by atoms with Gasteiger partial charge in [0.1, 0.15) is 11.5 Å². The molecule has 3 aliphatic rings. The Kier molecular flexibility index (Phi) is 4.62. The molecular weight excluding hydrogens is 456 g/mol. The Morgan fingerprint density at radius 2 is 1.89 bits per heavy atom. The van der Waals surface area contributed by atoms with Gasteiger partial charge in [-0.3, -0.25) is 9.59 Å². The molecule has 1 saturated heterocycles. The Morgan fingerprint density at radius 1 is 1.00 bits per heavy atom. The first-order chi connectivity index (χ1) is 17.6. The number of anilines is 2. The van der Waals surface area contributed by atoms with Crippen molar-refractivity contribution in [2.24, 2.45) is 13.0 Å². The SMILES string of the molecule is Cn1ccc2c(-c3ccc(Nc4ccc5c(n4)CNC(=O)C4COCC54)c4c3CNC4=O)ccnc21. The summed E-state index contributed by atoms with van der Waals surface area (Å²) in [6.07, 6.45) is 3.80. The van der Waals surface area contributed by atoms with Crippen molar-refractivity contribution in [1.82, 2.24) is 25.2 Å². The molecule has 0 aliphatic carbocycles. The van der Waals surface area contributed by atoms with Crippen LogP contribution in [0.25, 0.3) is 22.2 Å². The van der Waals surface area contributed by atoms with Crippen LogP contribution in [-0.2, 0) is 29.7 Å². The van der Waals surface area contributed by atoms with Crippen molar-refractivity contribution in [2.75, 3.05) is 18.5 Å². The number of nitrogens with zero attached hydrogens (tertiary/aromatic N) is 3. The standard InChI is InChI=1S/C27H24N6O3/c1-33-9-7-17-15(6-8-28-25(17)33)14-2-4-21(24-18(14)10-29-27(24)35)31-23-5-3-16-19-12-36-13-20(19)26(34)30-11-22(16)32-23/h2-9,19-20H,10-13H2,1H3,(H,29,35)(H,30,34)(H,31,32). The fraction of sp³-hybridized carbons (Fsp3) is 0.259. The summed E-state index contributed by atoms with van der Waals surface area (Å²) < 4.78 is 7.58. The second-order valence-electron chi connectivity index (χ2n) is 9.55. The molecule has 3 aromatic heterocycles. The molecule has 0 saturated carbocycles. The molecule has 2 atom stereocenters. The summed E-state index contributed by atoms with van der Waals surface area (Å²) in [5.41, 5.74) is 7.12. The number of fused-ring (bicyclic) bond motifs is 5. The number of nitrogens with one attached hydrogen (secondary N) is 3. The fourth-order valence-electron chi connectivity index (χ4n) is 5.72. The molecule has 3 N–H and O–H groups in total. The van der Waals surface area contributed by atoms with Crippen LogP contribution in [0.3, 0.4) is 0 Å². The number of amides is 2. The minimum Gasteiger partial charge on any atom is -0.380 e. The van der Waals surface area contributed by atoms with Gasteiger partial charge in [0.25, 0.3) is 5.91 Å². The number of hydrogen-bond donors (Lipinski definition) is 3. The minimum atomic E-state index is -0.171. The quantitative estimate of drug-likeness (QED) is 0.416. The number of pyridine rings is 2. The number of hydrogen-bond acceptors (Lipinski definition) is 6. The molecular formula is C27H24N6O3. The van der Waals surface area contributed by atoms with Crippen LogP contribution in [0.2, 0.25) is 0 Å². The van der Waals surface area contributed by atoms with E-state index in [1.165, 1.54) is 0 Å². The monoisotopic (exact) mass is 480 g/mol. The number of ether oxygens (including phenoxy) is 1. The maximum absolute atomic E-state index is 12.9. The highest BCUT2D eigenvalue weighted by molar-refractivity contribution is 6.07. The van der Waals surface area contributed by atoms with E-state index in [1.54, 1.807) is 6.20 Å². The third kappa shape index (κ3) is 3.12. The Morgan fingerprint density at radius 3 is 2.81 bits per heavy atom. The lowest BCUT2D eigenvalue weighted by molar-refractivity contribution is -0.125. The highest BCUT2D eigenvalue weighted by Gasteiger charge is 2.38. The molecule has 9 nitrogen and oxygen atoms in total. The lowest BCUT2D eigenvalue weighted by atomic mass is 9.88. The van der Waals surface area contributed by atoms with E-state index in [9.17, 15) is 9.59 Å². The largest absolute Gasteiger partial charge is 0.380 e. The normalized spacial score (nSPS) is 20.4. The van der Waals surface area contributed by atoms with Gasteiger partial charge in [-0.15, -0.1) is 0 Å². The molecule has 180 valence electrons. The zero-order valence-corrected chi connectivity index (χ0v) is 19.7. The van der Waals surface area contributed by atoms with Crippen LogP contribution in [0.4, 0.5) is 11.5 Å². The molecule has 1 aromatic carbocycles. The van der Waals surface area contributed by atoms with Crippen molar-refractivity contribution in [3.8, 4) is 11.1 Å². The van der Waals surface area contributed by atoms with Crippen molar-refractivity contribution in [3.63, 3.8) is 0 Å². The van der Waals surface area contributed by atoms with Gasteiger partial charge >= 0.3 is 0 Å². The van der Waals surface area contributed by atoms with E-state index in [0.29, 0.717) is 43.4 Å². The highest BCUT2D eigenvalue weighted by atomic mass is 16.5. The second kappa shape index (κ2) is 7.89. The van der Waals surface area contributed by atoms with Crippen molar-refractivity contribution in [2.45, 2.75) is 19.0 Å². The van der Waals surface area contributed by atoms with Crippen LogP contribution in [0.1, 0.15) is 33.1 Å². The molecule has 1 fully saturated rings. The van der Waals surface area contributed by atoms with Crippen molar-refractivity contribution < 1.29 is 14.3 Å². The maximum atomic E-state index is 12.9. The van der Waals surface area contributed by atoms with Gasteiger partial charge in [0.05, 0.1) is 42.6 Å². The van der Waals surface area contributed by atoms with Gasteiger partial charge in [0.2, 0.25) is 5.91 Å². The van der Waals surface area contributed by atoms with Gasteiger partial charge in [0.15, 0.2) is 0 Å². The van der Waals surface area contributed by atoms with Crippen LogP contribution >= 0.6 is 0 Å². The van der Waals surface area contributed by atoms with E-state index >= 15 is 0 Å². The molecule has 9 heteroatoms. The van der Waals surface area contributed by atoms with Gasteiger partial charge in [-0.05, 0) is 46.5 Å². The van der Waals surface area contributed by atoms with Crippen LogP contribution in [0, 0.1) is 5.92 Å². The van der Waals surface area contributed by atoms with E-state index in [0.717, 1.165) is 39.0 Å². The summed E-state index contributed by atoms with van der Waals surface area (Å²) >= 11 is 0. The second-order valence-corrected chi connectivity index (χ2v) is 9.55. The Balaban J connectivity index is 1.27. The predicted molar refractivity (Wildman–Crippen MR) is 134 cm³/mol. The first kappa shape index (κ1) is 21.1. The summed E-state index contributed by atoms with van der Waals surface area (Å²) in [7, 11) is 1.97. The molecule has 6 heterocycles. The maximum Gasteiger partial charge on any atom is 0.254 e. The molecule has 0 bridgehead atoms. The van der Waals surface area contributed by atoms with E-state index in [1.807, 2.05) is 48.1 Å². The summed E-state index contributed by atoms with van der Waals surface area (Å²) in [5, 5.41) is 10.4. The summed E-state index contributed by atoms with van der Waals surface area (Å²) in [6.45, 7) is 1.81. The molecule has 3 aliphatic heterocycles. The first-order valence-corrected chi connectivity index (χ1v) is 12.1. The van der Waals surface area contributed by atoms with Crippen LogP contribution in [0.5, 0.6) is 0 Å². The Labute approximate surface area is 206 Å². The fourth-order valence-corrected chi connectivity index (χ4v) is 5.72. The summed E-state index contributed by atoms with van der Waals surface area (Å²) in [6, 6.07) is 12.0. The molecule has 36 heavy (non-hydrogen) atoms. The van der Waals surface area contributed by atoms with E-state index in [-0.39, 0.29) is 23.7 Å². The van der Waals surface area contributed by atoms with Crippen molar-refractivity contribution in [3.05, 3.63) is 71.2 Å². The lowest BCUT2D eigenvalue weighted by Crippen LogP contribution is -2.30. The average molecular weight is 481 g/mol. The van der Waals surface area contributed by atoms with Gasteiger partial charge in [-0.2, -0.15) is 0 Å². The Hall–Kier alpha value is -4.24. The van der Waals surface area contributed by atoms with E-state index in [2.05, 4.69) is 27.0 Å². The summed E-state index contributed by atoms with van der Waals surface area (Å²) in [5.74, 6) is 0.382. The molecule has 0 radical (unpaired) electrons. The molecule has 4 aromatic rings. The van der Waals surface area contributed by atoms with Gasteiger partial charge in [-0.1, -0.05) is 12.1 Å². The number of rotatable bonds is 3. The number of aryl methyl sites for hydroxylation is 1. The van der Waals surface area contributed by atoms with Gasteiger partial charge < -0.3 is 25.3 Å². The number of benzene rings is 1. The van der Waals surface area contributed by atoms with Crippen molar-refractivity contribution >= 4 is 34.4 Å². The average Bonchev–Trinajstić information content (AvgIpc) is 3.61. The smallest absolute Gasteiger partial charge is 0.254 e. The summed E-state index contributed by atoms with van der Waals surface area (Å²) in [4.78, 5) is 34.7. The van der Waals surface area contributed by atoms with Gasteiger partial charge in [0, 0.05) is 37.3 Å². The van der Waals surface area contributed by atoms with Gasteiger partial charge in [-0.25, -0.2) is 9.97 Å². The number of carbonyl (C=O) groups excluding carboxylic acids is 2. The third-order valence-electron chi connectivity index (χ3n) is 7.54. The molecule has 2 amide bonds. The molecule has 0 spiro atoms. The minimum absolute atomic E-state index is 0.0127.